The molecule has 4 heterocycles. The fourth-order valence-corrected chi connectivity index (χ4v) is 3.87. The number of rotatable bonds is 3. The monoisotopic (exact) mass is 398 g/mol. The molecule has 154 valence electrons. The number of hydrogen-bond donors (Lipinski definition) is 1. The van der Waals surface area contributed by atoms with E-state index in [1.165, 1.54) is 4.57 Å². The summed E-state index contributed by atoms with van der Waals surface area (Å²) in [5.41, 5.74) is -0.0725. The fourth-order valence-electron chi connectivity index (χ4n) is 3.87. The van der Waals surface area contributed by atoms with Crippen molar-refractivity contribution in [3.05, 3.63) is 46.5 Å². The largest absolute Gasteiger partial charge is 0.391 e. The van der Waals surface area contributed by atoms with E-state index in [9.17, 15) is 14.7 Å². The van der Waals surface area contributed by atoms with Gasteiger partial charge in [0.1, 0.15) is 11.4 Å². The van der Waals surface area contributed by atoms with E-state index in [1.54, 1.807) is 36.5 Å². The molecule has 0 spiro atoms. The zero-order valence-electron chi connectivity index (χ0n) is 16.6. The third-order valence-corrected chi connectivity index (χ3v) is 5.54. The second-order valence-corrected chi connectivity index (χ2v) is 7.57. The third-order valence-electron chi connectivity index (χ3n) is 5.54. The Hall–Kier alpha value is -2.94. The van der Waals surface area contributed by atoms with Gasteiger partial charge in [0.05, 0.1) is 6.10 Å². The maximum atomic E-state index is 12.9. The Bertz CT molecular complexity index is 946. The zero-order valence-corrected chi connectivity index (χ0v) is 16.6. The molecule has 2 fully saturated rings. The van der Waals surface area contributed by atoms with Crippen molar-refractivity contribution in [2.75, 3.05) is 49.1 Å². The lowest BCUT2D eigenvalue weighted by Crippen LogP contribution is -2.38. The molecule has 1 amide bonds. The van der Waals surface area contributed by atoms with Gasteiger partial charge in [-0.1, -0.05) is 0 Å². The van der Waals surface area contributed by atoms with Crippen LogP contribution in [0.4, 0.5) is 11.8 Å². The third kappa shape index (κ3) is 4.09. The van der Waals surface area contributed by atoms with Crippen molar-refractivity contribution in [3.8, 4) is 0 Å². The van der Waals surface area contributed by atoms with Gasteiger partial charge in [-0.2, -0.15) is 4.98 Å². The quantitative estimate of drug-likeness (QED) is 0.783. The van der Waals surface area contributed by atoms with E-state index >= 15 is 0 Å². The molecule has 1 N–H and O–H groups in total. The Morgan fingerprint density at radius 3 is 2.79 bits per heavy atom. The number of hydrogen-bond acceptors (Lipinski definition) is 7. The first-order chi connectivity index (χ1) is 14.0. The highest BCUT2D eigenvalue weighted by Crippen LogP contribution is 2.21. The molecule has 1 unspecified atom stereocenters. The van der Waals surface area contributed by atoms with Crippen LogP contribution in [0.1, 0.15) is 23.2 Å². The van der Waals surface area contributed by atoms with Gasteiger partial charge in [-0.25, -0.2) is 4.98 Å². The average molecular weight is 398 g/mol. The van der Waals surface area contributed by atoms with Gasteiger partial charge < -0.3 is 24.4 Å². The first-order valence-electron chi connectivity index (χ1n) is 9.99. The van der Waals surface area contributed by atoms with Gasteiger partial charge in [0, 0.05) is 58.7 Å². The van der Waals surface area contributed by atoms with Crippen LogP contribution in [0.5, 0.6) is 0 Å². The lowest BCUT2D eigenvalue weighted by atomic mass is 10.2. The number of carbonyl (C=O) groups excluding carboxylic acids is 1. The zero-order chi connectivity index (χ0) is 20.4. The molecule has 4 rings (SSSR count). The van der Waals surface area contributed by atoms with Gasteiger partial charge >= 0.3 is 0 Å². The Kier molecular flexibility index (Phi) is 5.48. The Morgan fingerprint density at radius 2 is 2.00 bits per heavy atom. The van der Waals surface area contributed by atoms with Crippen molar-refractivity contribution >= 4 is 17.7 Å². The summed E-state index contributed by atoms with van der Waals surface area (Å²) >= 11 is 0. The summed E-state index contributed by atoms with van der Waals surface area (Å²) in [5.74, 6) is 1.22. The van der Waals surface area contributed by atoms with E-state index < -0.39 is 0 Å². The molecular formula is C20H26N6O3. The molecule has 1 atom stereocenters. The van der Waals surface area contributed by atoms with Crippen LogP contribution in [0.15, 0.2) is 35.4 Å². The van der Waals surface area contributed by atoms with Gasteiger partial charge in [0.25, 0.3) is 11.5 Å². The second-order valence-electron chi connectivity index (χ2n) is 7.57. The van der Waals surface area contributed by atoms with Crippen LogP contribution in [0.25, 0.3) is 0 Å². The average Bonchev–Trinajstić information content (AvgIpc) is 3.01. The Morgan fingerprint density at radius 1 is 1.14 bits per heavy atom. The number of aromatic nitrogens is 3. The topological polar surface area (TPSA) is 94.8 Å². The minimum atomic E-state index is -0.308. The molecule has 0 radical (unpaired) electrons. The molecule has 2 aliphatic heterocycles. The SMILES string of the molecule is Cn1cccc(C(=O)N2CCCN(c3nccc(N4CCC(O)C4)n3)CC2)c1=O. The molecule has 2 aromatic rings. The van der Waals surface area contributed by atoms with E-state index in [0.29, 0.717) is 32.1 Å². The Labute approximate surface area is 169 Å². The van der Waals surface area contributed by atoms with E-state index in [2.05, 4.69) is 19.8 Å². The molecule has 0 aromatic carbocycles. The standard InChI is InChI=1S/C20H26N6O3/c1-23-8-2-4-16(18(23)28)19(29)24-9-3-10-25(13-12-24)20-21-7-5-17(22-20)26-11-6-15(27)14-26/h2,4-5,7-8,15,27H,3,6,9-14H2,1H3. The van der Waals surface area contributed by atoms with Gasteiger partial charge in [-0.15, -0.1) is 0 Å². The van der Waals surface area contributed by atoms with Crippen molar-refractivity contribution in [1.82, 2.24) is 19.4 Å². The highest BCUT2D eigenvalue weighted by atomic mass is 16.3. The number of β-amino-alcohol motifs (C(OH)–C–C–N with tert-alkyl or cyclic N) is 1. The van der Waals surface area contributed by atoms with Crippen LogP contribution in [0.3, 0.4) is 0 Å². The minimum absolute atomic E-state index is 0.203. The van der Waals surface area contributed by atoms with Crippen molar-refractivity contribution in [3.63, 3.8) is 0 Å². The van der Waals surface area contributed by atoms with Crippen LogP contribution >= 0.6 is 0 Å². The van der Waals surface area contributed by atoms with Crippen LogP contribution in [-0.4, -0.2) is 75.8 Å². The summed E-state index contributed by atoms with van der Waals surface area (Å²) in [6.45, 7) is 3.81. The molecule has 0 saturated carbocycles. The van der Waals surface area contributed by atoms with Crippen molar-refractivity contribution in [2.24, 2.45) is 7.05 Å². The van der Waals surface area contributed by atoms with Crippen LogP contribution in [0.2, 0.25) is 0 Å². The van der Waals surface area contributed by atoms with Gasteiger partial charge in [-0.05, 0) is 31.0 Å². The highest BCUT2D eigenvalue weighted by molar-refractivity contribution is 5.93. The predicted octanol–water partition coefficient (Wildman–Crippen LogP) is 0.0988. The molecule has 9 nitrogen and oxygen atoms in total. The summed E-state index contributed by atoms with van der Waals surface area (Å²) in [5, 5.41) is 9.77. The van der Waals surface area contributed by atoms with Crippen molar-refractivity contribution in [2.45, 2.75) is 18.9 Å². The number of carbonyl (C=O) groups is 1. The lowest BCUT2D eigenvalue weighted by Gasteiger charge is -2.23. The summed E-state index contributed by atoms with van der Waals surface area (Å²) < 4.78 is 1.42. The van der Waals surface area contributed by atoms with Crippen LogP contribution < -0.4 is 15.4 Å². The number of nitrogens with zero attached hydrogens (tertiary/aromatic N) is 6. The maximum absolute atomic E-state index is 12.9. The van der Waals surface area contributed by atoms with E-state index in [1.807, 2.05) is 6.07 Å². The Balaban J connectivity index is 1.46. The van der Waals surface area contributed by atoms with Crippen LogP contribution in [-0.2, 0) is 7.05 Å². The maximum Gasteiger partial charge on any atom is 0.263 e. The van der Waals surface area contributed by atoms with Gasteiger partial charge in [0.15, 0.2) is 0 Å². The number of aliphatic hydroxyl groups is 1. The summed E-state index contributed by atoms with van der Waals surface area (Å²) in [4.78, 5) is 40.1. The molecule has 0 bridgehead atoms. The van der Waals surface area contributed by atoms with E-state index in [4.69, 9.17) is 0 Å². The molecule has 29 heavy (non-hydrogen) atoms. The summed E-state index contributed by atoms with van der Waals surface area (Å²) in [6.07, 6.45) is 4.60. The molecule has 0 aliphatic carbocycles. The van der Waals surface area contributed by atoms with Crippen LogP contribution in [0, 0.1) is 0 Å². The van der Waals surface area contributed by atoms with Crippen molar-refractivity contribution in [1.29, 1.82) is 0 Å². The second kappa shape index (κ2) is 8.20. The predicted molar refractivity (Wildman–Crippen MR) is 109 cm³/mol. The molecule has 2 saturated heterocycles. The lowest BCUT2D eigenvalue weighted by molar-refractivity contribution is 0.0764. The molecular weight excluding hydrogens is 372 g/mol. The van der Waals surface area contributed by atoms with Gasteiger partial charge in [-0.3, -0.25) is 9.59 Å². The molecule has 9 heteroatoms. The number of anilines is 2. The number of amides is 1. The van der Waals surface area contributed by atoms with Gasteiger partial charge in [0.2, 0.25) is 5.95 Å². The number of aliphatic hydroxyl groups excluding tert-OH is 1. The fraction of sp³-hybridized carbons (Fsp3) is 0.500. The first kappa shape index (κ1) is 19.4. The van der Waals surface area contributed by atoms with E-state index in [-0.39, 0.29) is 23.1 Å². The minimum Gasteiger partial charge on any atom is -0.391 e. The highest BCUT2D eigenvalue weighted by Gasteiger charge is 2.25. The molecule has 2 aromatic heterocycles. The summed E-state index contributed by atoms with van der Waals surface area (Å²) in [7, 11) is 1.65. The number of aryl methyl sites for hydroxylation is 1. The smallest absolute Gasteiger partial charge is 0.263 e. The normalized spacial score (nSPS) is 20.1. The van der Waals surface area contributed by atoms with Crippen molar-refractivity contribution < 1.29 is 9.90 Å². The van der Waals surface area contributed by atoms with E-state index in [0.717, 1.165) is 31.7 Å². The first-order valence-corrected chi connectivity index (χ1v) is 9.99. The molecule has 2 aliphatic rings. The summed E-state index contributed by atoms with van der Waals surface area (Å²) in [6, 6.07) is 5.16. The number of pyridine rings is 1.